The number of nitrogens with zero attached hydrogens (tertiary/aromatic N) is 3. The van der Waals surface area contributed by atoms with Gasteiger partial charge in [0, 0.05) is 29.5 Å². The molecule has 0 unspecified atom stereocenters. The fourth-order valence-electron chi connectivity index (χ4n) is 3.34. The van der Waals surface area contributed by atoms with Crippen LogP contribution in [0.3, 0.4) is 0 Å². The molecule has 0 amide bonds. The van der Waals surface area contributed by atoms with Gasteiger partial charge >= 0.3 is 0 Å². The number of hydrogen-bond donors (Lipinski definition) is 1. The number of oxazole rings is 1. The Morgan fingerprint density at radius 3 is 2.65 bits per heavy atom. The van der Waals surface area contributed by atoms with E-state index in [9.17, 15) is 15.2 Å². The second kappa shape index (κ2) is 7.38. The van der Waals surface area contributed by atoms with Gasteiger partial charge in [-0.3, -0.25) is 15.1 Å². The van der Waals surface area contributed by atoms with Gasteiger partial charge in [-0.15, -0.1) is 0 Å². The number of hydrogen-bond acceptors (Lipinski definition) is 6. The van der Waals surface area contributed by atoms with E-state index in [1.807, 2.05) is 36.4 Å². The first-order valence-electron chi connectivity index (χ1n) is 9.48. The van der Waals surface area contributed by atoms with Gasteiger partial charge in [0.1, 0.15) is 11.3 Å². The highest BCUT2D eigenvalue weighted by molar-refractivity contribution is 5.89. The molecule has 1 heterocycles. The third-order valence-corrected chi connectivity index (χ3v) is 4.94. The van der Waals surface area contributed by atoms with Crippen LogP contribution in [-0.4, -0.2) is 21.2 Å². The fourth-order valence-corrected chi connectivity index (χ4v) is 3.34. The van der Waals surface area contributed by atoms with Gasteiger partial charge in [0.25, 0.3) is 5.69 Å². The van der Waals surface area contributed by atoms with Gasteiger partial charge in [-0.2, -0.15) is 0 Å². The molecule has 0 fully saturated rings. The molecule has 0 radical (unpaired) electrons. The molecule has 5 aromatic rings. The van der Waals surface area contributed by atoms with Crippen molar-refractivity contribution < 1.29 is 14.4 Å². The molecule has 0 spiro atoms. The maximum absolute atomic E-state index is 10.9. The quantitative estimate of drug-likeness (QED) is 0.222. The second-order valence-corrected chi connectivity index (χ2v) is 6.99. The molecule has 1 N–H and O–H groups in total. The van der Waals surface area contributed by atoms with E-state index in [0.29, 0.717) is 22.7 Å². The van der Waals surface area contributed by atoms with Crippen molar-refractivity contribution in [3.63, 3.8) is 0 Å². The summed E-state index contributed by atoms with van der Waals surface area (Å²) in [5.41, 5.74) is 2.86. The van der Waals surface area contributed by atoms with E-state index >= 15 is 0 Å². The third kappa shape index (κ3) is 3.60. The Balaban J connectivity index is 1.47. The van der Waals surface area contributed by atoms with Crippen molar-refractivity contribution in [2.75, 3.05) is 0 Å². The molecular weight excluding hydrogens is 394 g/mol. The highest BCUT2D eigenvalue weighted by Gasteiger charge is 2.11. The van der Waals surface area contributed by atoms with Crippen LogP contribution in [0.4, 0.5) is 11.4 Å². The van der Waals surface area contributed by atoms with Crippen LogP contribution in [0.15, 0.2) is 88.3 Å². The van der Waals surface area contributed by atoms with E-state index in [1.54, 1.807) is 18.2 Å². The maximum atomic E-state index is 10.9. The Labute approximate surface area is 176 Å². The van der Waals surface area contributed by atoms with E-state index in [1.165, 1.54) is 24.4 Å². The van der Waals surface area contributed by atoms with Gasteiger partial charge in [-0.1, -0.05) is 30.3 Å². The predicted molar refractivity (Wildman–Crippen MR) is 119 cm³/mol. The SMILES string of the molecule is O=[N+]([O-])c1ccc(O)c(C=Nc2ccc3oc(-c4ccc5ccccc5c4)nc3c2)c1. The first kappa shape index (κ1) is 18.5. The highest BCUT2D eigenvalue weighted by atomic mass is 16.6. The van der Waals surface area contributed by atoms with Crippen molar-refractivity contribution >= 4 is 39.5 Å². The average molecular weight is 409 g/mol. The number of nitro groups is 1. The lowest BCUT2D eigenvalue weighted by atomic mass is 10.1. The molecule has 1 aromatic heterocycles. The normalized spacial score (nSPS) is 11.5. The summed E-state index contributed by atoms with van der Waals surface area (Å²) in [6.45, 7) is 0. The molecule has 0 saturated carbocycles. The summed E-state index contributed by atoms with van der Waals surface area (Å²) >= 11 is 0. The molecule has 0 bridgehead atoms. The van der Waals surface area contributed by atoms with E-state index < -0.39 is 4.92 Å². The van der Waals surface area contributed by atoms with Crippen LogP contribution in [0.5, 0.6) is 5.75 Å². The van der Waals surface area contributed by atoms with Gasteiger partial charge in [0.15, 0.2) is 5.58 Å². The van der Waals surface area contributed by atoms with Gasteiger partial charge in [-0.05, 0) is 47.2 Å². The molecule has 7 nitrogen and oxygen atoms in total. The number of aromatic nitrogens is 1. The van der Waals surface area contributed by atoms with Gasteiger partial charge in [0.05, 0.1) is 10.6 Å². The van der Waals surface area contributed by atoms with Crippen molar-refractivity contribution in [3.05, 3.63) is 94.5 Å². The Morgan fingerprint density at radius 2 is 1.81 bits per heavy atom. The minimum absolute atomic E-state index is 0.0875. The number of aliphatic imine (C=N–C) groups is 1. The average Bonchev–Trinajstić information content (AvgIpc) is 3.21. The number of phenols is 1. The smallest absolute Gasteiger partial charge is 0.270 e. The van der Waals surface area contributed by atoms with Crippen LogP contribution in [0.2, 0.25) is 0 Å². The summed E-state index contributed by atoms with van der Waals surface area (Å²) in [7, 11) is 0. The monoisotopic (exact) mass is 409 g/mol. The van der Waals surface area contributed by atoms with Crippen LogP contribution in [-0.2, 0) is 0 Å². The summed E-state index contributed by atoms with van der Waals surface area (Å²) in [5, 5.41) is 23.1. The predicted octanol–water partition coefficient (Wildman–Crippen LogP) is 6.01. The molecular formula is C24H15N3O4. The molecule has 0 atom stereocenters. The van der Waals surface area contributed by atoms with Gasteiger partial charge in [0.2, 0.25) is 5.89 Å². The Morgan fingerprint density at radius 1 is 0.968 bits per heavy atom. The lowest BCUT2D eigenvalue weighted by Gasteiger charge is -1.99. The van der Waals surface area contributed by atoms with Crippen molar-refractivity contribution in [1.82, 2.24) is 4.98 Å². The van der Waals surface area contributed by atoms with Crippen LogP contribution in [0.1, 0.15) is 5.56 Å². The first-order valence-corrected chi connectivity index (χ1v) is 9.48. The Bertz CT molecular complexity index is 1490. The minimum Gasteiger partial charge on any atom is -0.507 e. The zero-order valence-corrected chi connectivity index (χ0v) is 16.1. The summed E-state index contributed by atoms with van der Waals surface area (Å²) in [6.07, 6.45) is 1.38. The molecule has 4 aromatic carbocycles. The van der Waals surface area contributed by atoms with E-state index in [-0.39, 0.29) is 17.0 Å². The molecule has 150 valence electrons. The van der Waals surface area contributed by atoms with Crippen LogP contribution in [0.25, 0.3) is 33.3 Å². The fraction of sp³-hybridized carbons (Fsp3) is 0. The molecule has 0 aliphatic rings. The van der Waals surface area contributed by atoms with Gasteiger partial charge in [-0.25, -0.2) is 4.98 Å². The zero-order chi connectivity index (χ0) is 21.4. The van der Waals surface area contributed by atoms with Gasteiger partial charge < -0.3 is 9.52 Å². The largest absolute Gasteiger partial charge is 0.507 e. The number of fused-ring (bicyclic) bond motifs is 2. The van der Waals surface area contributed by atoms with E-state index in [2.05, 4.69) is 16.0 Å². The summed E-state index contributed by atoms with van der Waals surface area (Å²) < 4.78 is 5.90. The van der Waals surface area contributed by atoms with Crippen molar-refractivity contribution in [2.45, 2.75) is 0 Å². The molecule has 0 aliphatic heterocycles. The lowest BCUT2D eigenvalue weighted by Crippen LogP contribution is -1.90. The van der Waals surface area contributed by atoms with Crippen molar-refractivity contribution in [2.24, 2.45) is 4.99 Å². The Kier molecular flexibility index (Phi) is 4.41. The summed E-state index contributed by atoms with van der Waals surface area (Å²) in [5.74, 6) is 0.425. The first-order chi connectivity index (χ1) is 15.1. The molecule has 0 saturated heterocycles. The minimum atomic E-state index is -0.521. The molecule has 0 aliphatic carbocycles. The number of aromatic hydroxyl groups is 1. The topological polar surface area (TPSA) is 102 Å². The Hall–Kier alpha value is -4.52. The lowest BCUT2D eigenvalue weighted by molar-refractivity contribution is -0.384. The van der Waals surface area contributed by atoms with E-state index in [4.69, 9.17) is 4.42 Å². The molecule has 7 heteroatoms. The third-order valence-electron chi connectivity index (χ3n) is 4.94. The van der Waals surface area contributed by atoms with Crippen molar-refractivity contribution in [3.8, 4) is 17.2 Å². The van der Waals surface area contributed by atoms with Crippen LogP contribution in [0, 0.1) is 10.1 Å². The summed E-state index contributed by atoms with van der Waals surface area (Å²) in [6, 6.07) is 23.2. The number of phenolic OH excluding ortho intramolecular Hbond substituents is 1. The van der Waals surface area contributed by atoms with Crippen LogP contribution >= 0.6 is 0 Å². The highest BCUT2D eigenvalue weighted by Crippen LogP contribution is 2.29. The van der Waals surface area contributed by atoms with Crippen molar-refractivity contribution in [1.29, 1.82) is 0 Å². The standard InChI is InChI=1S/C24H15N3O4/c28-22-9-8-20(27(29)30)12-18(22)14-25-19-7-10-23-21(13-19)26-24(31-23)17-6-5-15-3-1-2-4-16(15)11-17/h1-14,28H. The molecule has 31 heavy (non-hydrogen) atoms. The number of rotatable bonds is 4. The van der Waals surface area contributed by atoms with E-state index in [0.717, 1.165) is 16.3 Å². The van der Waals surface area contributed by atoms with Crippen LogP contribution < -0.4 is 0 Å². The molecule has 5 rings (SSSR count). The number of non-ortho nitro benzene ring substituents is 1. The maximum Gasteiger partial charge on any atom is 0.270 e. The summed E-state index contributed by atoms with van der Waals surface area (Å²) in [4.78, 5) is 19.3. The number of nitro benzene ring substituents is 1. The second-order valence-electron chi connectivity index (χ2n) is 6.99. The zero-order valence-electron chi connectivity index (χ0n) is 16.1. The number of benzene rings is 4.